The zero-order valence-electron chi connectivity index (χ0n) is 49.1. The predicted molar refractivity (Wildman–Crippen MR) is 328 cm³/mol. The summed E-state index contributed by atoms with van der Waals surface area (Å²) >= 11 is 0. The zero-order chi connectivity index (χ0) is 51.3. The van der Waals surface area contributed by atoms with Crippen molar-refractivity contribution in [3.8, 4) is 0 Å². The molecule has 0 spiro atoms. The number of para-hydroxylation sites is 2. The number of rotatable bonds is 53. The summed E-state index contributed by atoms with van der Waals surface area (Å²) in [6.45, 7) is 9.24. The smallest absolute Gasteiger partial charge is 0.0665 e. The maximum atomic E-state index is 5.58. The van der Waals surface area contributed by atoms with Gasteiger partial charge in [0.05, 0.1) is 22.8 Å². The monoisotopic (exact) mass is 1050 g/mol. The number of hydrogen-bond acceptors (Lipinski definition) is 2. The van der Waals surface area contributed by atoms with Crippen LogP contribution in [0.25, 0.3) is 0 Å². The molecule has 2 aromatic carbocycles. The van der Waals surface area contributed by atoms with E-state index in [0.717, 1.165) is 62.7 Å². The van der Waals surface area contributed by atoms with Crippen LogP contribution >= 0.6 is 0 Å². The van der Waals surface area contributed by atoms with Crippen LogP contribution in [0, 0.1) is 0 Å². The zero-order valence-corrected chi connectivity index (χ0v) is 50.1. The van der Waals surface area contributed by atoms with Crippen LogP contribution in [0.15, 0.2) is 82.8 Å². The molecule has 73 heavy (non-hydrogen) atoms. The first kappa shape index (κ1) is 68.8. The molecule has 0 aliphatic rings. The molecular formula is C70H120N2Ni. The van der Waals surface area contributed by atoms with E-state index in [1.165, 1.54) is 279 Å². The Morgan fingerprint density at radius 3 is 0.849 bits per heavy atom. The van der Waals surface area contributed by atoms with Crippen molar-refractivity contribution in [1.29, 1.82) is 0 Å². The Kier molecular flexibility index (Phi) is 51.4. The number of nitrogens with zero attached hydrogens (tertiary/aromatic N) is 2. The topological polar surface area (TPSA) is 24.7 Å². The van der Waals surface area contributed by atoms with E-state index in [2.05, 4.69) is 101 Å². The van der Waals surface area contributed by atoms with E-state index in [0.29, 0.717) is 0 Å². The summed E-state index contributed by atoms with van der Waals surface area (Å²) < 4.78 is 0. The number of unbranched alkanes of at least 4 members (excludes halogenated alkanes) is 38. The normalized spacial score (nSPS) is 12.2. The first-order valence-corrected chi connectivity index (χ1v) is 32.3. The third kappa shape index (κ3) is 41.6. The van der Waals surface area contributed by atoms with E-state index in [1.807, 2.05) is 0 Å². The second kappa shape index (κ2) is 54.5. The minimum absolute atomic E-state index is 0. The average Bonchev–Trinajstić information content (AvgIpc) is 3.40. The summed E-state index contributed by atoms with van der Waals surface area (Å²) in [6.07, 6.45) is 74.2. The van der Waals surface area contributed by atoms with E-state index in [9.17, 15) is 0 Å². The van der Waals surface area contributed by atoms with Gasteiger partial charge in [-0.3, -0.25) is 9.98 Å². The van der Waals surface area contributed by atoms with Gasteiger partial charge in [-0.05, 0) is 100 Å². The molecule has 0 fully saturated rings. The molecule has 0 saturated carbocycles. The largest absolute Gasteiger partial charge is 0.251 e. The summed E-state index contributed by atoms with van der Waals surface area (Å²) in [5.41, 5.74) is 7.46. The van der Waals surface area contributed by atoms with Gasteiger partial charge in [0, 0.05) is 16.5 Å². The Bertz CT molecular complexity index is 1580. The van der Waals surface area contributed by atoms with Crippen LogP contribution in [0.4, 0.5) is 11.4 Å². The third-order valence-corrected chi connectivity index (χ3v) is 15.3. The van der Waals surface area contributed by atoms with Crippen molar-refractivity contribution in [1.82, 2.24) is 0 Å². The molecule has 0 bridgehead atoms. The van der Waals surface area contributed by atoms with Crippen LogP contribution in [-0.2, 0) is 29.3 Å². The molecule has 2 rings (SSSR count). The van der Waals surface area contributed by atoms with Gasteiger partial charge < -0.3 is 0 Å². The van der Waals surface area contributed by atoms with Crippen LogP contribution in [-0.4, -0.2) is 11.4 Å². The van der Waals surface area contributed by atoms with Crippen molar-refractivity contribution in [2.45, 2.75) is 336 Å². The van der Waals surface area contributed by atoms with Crippen LogP contribution in [0.1, 0.15) is 334 Å². The van der Waals surface area contributed by atoms with Gasteiger partial charge in [0.25, 0.3) is 0 Å². The summed E-state index contributed by atoms with van der Waals surface area (Å²) in [6, 6.07) is 17.9. The number of aliphatic imine (C=N–C) groups is 2. The van der Waals surface area contributed by atoms with E-state index in [4.69, 9.17) is 9.98 Å². The molecular weight excluding hydrogens is 927 g/mol. The molecule has 0 saturated heterocycles. The quantitative estimate of drug-likeness (QED) is 0.0273. The van der Waals surface area contributed by atoms with E-state index in [-0.39, 0.29) is 16.5 Å². The number of hydrogen-bond donors (Lipinski definition) is 0. The SMILES string of the molecule is CCCCCCCCCCCCCCCCCCC=CCCc1ccccc1N=C(CCCC)C(CCCCCCCC)=Nc1ccccc1CCC=CCCCCCCCCCCCCCCCCCC.[Ni]. The van der Waals surface area contributed by atoms with Crippen molar-refractivity contribution in [2.24, 2.45) is 9.98 Å². The Labute approximate surface area is 466 Å². The van der Waals surface area contributed by atoms with Crippen LogP contribution in [0.2, 0.25) is 0 Å². The average molecular weight is 1050 g/mol. The maximum Gasteiger partial charge on any atom is 0.0665 e. The Hall–Kier alpha value is -2.25. The molecule has 2 aromatic rings. The summed E-state index contributed by atoms with van der Waals surface area (Å²) in [7, 11) is 0. The van der Waals surface area contributed by atoms with Crippen molar-refractivity contribution in [3.05, 3.63) is 84.0 Å². The van der Waals surface area contributed by atoms with E-state index < -0.39 is 0 Å². The summed E-state index contributed by atoms with van der Waals surface area (Å²) in [5, 5.41) is 0. The van der Waals surface area contributed by atoms with Crippen LogP contribution < -0.4 is 0 Å². The maximum absolute atomic E-state index is 5.58. The third-order valence-electron chi connectivity index (χ3n) is 15.3. The minimum Gasteiger partial charge on any atom is -0.251 e. The second-order valence-electron chi connectivity index (χ2n) is 22.2. The summed E-state index contributed by atoms with van der Waals surface area (Å²) in [4.78, 5) is 11.1. The fourth-order valence-electron chi connectivity index (χ4n) is 10.5. The Morgan fingerprint density at radius 2 is 0.534 bits per heavy atom. The van der Waals surface area contributed by atoms with Crippen molar-refractivity contribution in [2.75, 3.05) is 0 Å². The molecule has 420 valence electrons. The molecule has 0 aliphatic heterocycles. The fraction of sp³-hybridized carbons (Fsp3) is 0.743. The first-order valence-electron chi connectivity index (χ1n) is 32.3. The molecule has 0 heterocycles. The van der Waals surface area contributed by atoms with Crippen molar-refractivity contribution in [3.63, 3.8) is 0 Å². The van der Waals surface area contributed by atoms with Gasteiger partial charge in [0.2, 0.25) is 0 Å². The Morgan fingerprint density at radius 1 is 0.288 bits per heavy atom. The predicted octanol–water partition coefficient (Wildman–Crippen LogP) is 24.8. The van der Waals surface area contributed by atoms with Gasteiger partial charge >= 0.3 is 0 Å². The summed E-state index contributed by atoms with van der Waals surface area (Å²) in [5.74, 6) is 0. The molecule has 0 unspecified atom stereocenters. The van der Waals surface area contributed by atoms with Gasteiger partial charge in [-0.2, -0.15) is 0 Å². The molecule has 0 aromatic heterocycles. The molecule has 0 atom stereocenters. The van der Waals surface area contributed by atoms with Gasteiger partial charge in [-0.25, -0.2) is 0 Å². The number of aryl methyl sites for hydroxylation is 2. The van der Waals surface area contributed by atoms with Crippen LogP contribution in [0.3, 0.4) is 0 Å². The van der Waals surface area contributed by atoms with Crippen LogP contribution in [0.5, 0.6) is 0 Å². The number of benzene rings is 2. The molecule has 0 N–H and O–H groups in total. The van der Waals surface area contributed by atoms with Gasteiger partial charge in [0.1, 0.15) is 0 Å². The Balaban J connectivity index is 0.0000266. The van der Waals surface area contributed by atoms with Crippen molar-refractivity contribution < 1.29 is 16.5 Å². The standard InChI is InChI=1S/C70H120N2.Ni/c1-5-9-13-16-19-21-23-25-27-29-31-33-35-37-39-41-43-45-47-50-57-65-59-53-55-62-67(65)71-69(61-12-8-4)70(64-52-49-18-15-11-7-3)72-68-63-56-54-60-66(68)58-51-48-46-44-42-40-38-36-34-32-30-28-26-24-22-20-17-14-10-6-2;/h45-48,53-56,59-60,62-63H,5-44,49-52,57-58,61,64H2,1-4H3;. The molecule has 0 aliphatic carbocycles. The van der Waals surface area contributed by atoms with E-state index >= 15 is 0 Å². The van der Waals surface area contributed by atoms with Crippen molar-refractivity contribution >= 4 is 22.8 Å². The first-order chi connectivity index (χ1) is 35.7. The van der Waals surface area contributed by atoms with E-state index in [1.54, 1.807) is 0 Å². The molecule has 2 nitrogen and oxygen atoms in total. The fourth-order valence-corrected chi connectivity index (χ4v) is 10.5. The molecule has 3 heteroatoms. The molecule has 0 amide bonds. The van der Waals surface area contributed by atoms with Gasteiger partial charge in [0.15, 0.2) is 0 Å². The second-order valence-corrected chi connectivity index (χ2v) is 22.2. The van der Waals surface area contributed by atoms with Gasteiger partial charge in [-0.1, -0.05) is 320 Å². The minimum atomic E-state index is 0. The van der Waals surface area contributed by atoms with Gasteiger partial charge in [-0.15, -0.1) is 0 Å². The number of allylic oxidation sites excluding steroid dienone is 4. The molecule has 0 radical (unpaired) electrons.